The van der Waals surface area contributed by atoms with Gasteiger partial charge in [-0.1, -0.05) is 15.9 Å². The van der Waals surface area contributed by atoms with Crippen molar-refractivity contribution in [3.05, 3.63) is 28.7 Å². The highest BCUT2D eigenvalue weighted by atomic mass is 79.9. The van der Waals surface area contributed by atoms with Gasteiger partial charge in [-0.2, -0.15) is 0 Å². The molecule has 0 aromatic heterocycles. The SMILES string of the molecule is CC(=O)NC1CCN(CCOc2ccc(Br)cc2)C1. The van der Waals surface area contributed by atoms with Crippen molar-refractivity contribution in [3.8, 4) is 5.75 Å². The van der Waals surface area contributed by atoms with Gasteiger partial charge in [0.15, 0.2) is 0 Å². The first kappa shape index (κ1) is 14.3. The van der Waals surface area contributed by atoms with Crippen LogP contribution in [0.15, 0.2) is 28.7 Å². The Kier molecular flexibility index (Phi) is 5.22. The first-order valence-electron chi connectivity index (χ1n) is 6.51. The Bertz CT molecular complexity index is 422. The molecule has 5 heteroatoms. The predicted octanol–water partition coefficient (Wildman–Crippen LogP) is 2.04. The topological polar surface area (TPSA) is 41.6 Å². The average molecular weight is 327 g/mol. The van der Waals surface area contributed by atoms with Gasteiger partial charge in [0.25, 0.3) is 0 Å². The molecule has 1 heterocycles. The van der Waals surface area contributed by atoms with Crippen LogP contribution in [0.3, 0.4) is 0 Å². The normalized spacial score (nSPS) is 19.4. The predicted molar refractivity (Wildman–Crippen MR) is 78.3 cm³/mol. The van der Waals surface area contributed by atoms with Crippen LogP contribution in [0.2, 0.25) is 0 Å². The summed E-state index contributed by atoms with van der Waals surface area (Å²) < 4.78 is 6.74. The molecule has 0 bridgehead atoms. The second kappa shape index (κ2) is 6.91. The molecule has 1 saturated heterocycles. The highest BCUT2D eigenvalue weighted by Crippen LogP contribution is 2.16. The maximum Gasteiger partial charge on any atom is 0.217 e. The van der Waals surface area contributed by atoms with Crippen molar-refractivity contribution in [2.45, 2.75) is 19.4 Å². The second-order valence-corrected chi connectivity index (χ2v) is 5.70. The van der Waals surface area contributed by atoms with Gasteiger partial charge in [0, 0.05) is 37.1 Å². The number of halogens is 1. The number of ether oxygens (including phenoxy) is 1. The van der Waals surface area contributed by atoms with Gasteiger partial charge in [-0.25, -0.2) is 0 Å². The molecule has 0 aliphatic carbocycles. The van der Waals surface area contributed by atoms with Gasteiger partial charge in [0.05, 0.1) is 0 Å². The minimum atomic E-state index is 0.0537. The Morgan fingerprint density at radius 2 is 2.21 bits per heavy atom. The number of carbonyl (C=O) groups excluding carboxylic acids is 1. The lowest BCUT2D eigenvalue weighted by atomic mass is 10.3. The van der Waals surface area contributed by atoms with Crippen molar-refractivity contribution >= 4 is 21.8 Å². The number of benzene rings is 1. The van der Waals surface area contributed by atoms with Gasteiger partial charge in [0.1, 0.15) is 12.4 Å². The number of hydrogen-bond donors (Lipinski definition) is 1. The number of nitrogens with zero attached hydrogens (tertiary/aromatic N) is 1. The summed E-state index contributed by atoms with van der Waals surface area (Å²) in [7, 11) is 0. The monoisotopic (exact) mass is 326 g/mol. The number of nitrogens with one attached hydrogen (secondary N) is 1. The van der Waals surface area contributed by atoms with Gasteiger partial charge < -0.3 is 10.1 Å². The Labute approximate surface area is 122 Å². The van der Waals surface area contributed by atoms with Crippen molar-refractivity contribution in [2.24, 2.45) is 0 Å². The zero-order valence-electron chi connectivity index (χ0n) is 11.1. The molecule has 1 fully saturated rings. The summed E-state index contributed by atoms with van der Waals surface area (Å²) in [4.78, 5) is 13.3. The van der Waals surface area contributed by atoms with Crippen LogP contribution >= 0.6 is 15.9 Å². The molecule has 19 heavy (non-hydrogen) atoms. The first-order chi connectivity index (χ1) is 9.13. The Morgan fingerprint density at radius 1 is 1.47 bits per heavy atom. The summed E-state index contributed by atoms with van der Waals surface area (Å²) in [6, 6.07) is 8.14. The summed E-state index contributed by atoms with van der Waals surface area (Å²) in [5, 5.41) is 2.96. The van der Waals surface area contributed by atoms with Crippen LogP contribution < -0.4 is 10.1 Å². The van der Waals surface area contributed by atoms with Crippen molar-refractivity contribution in [2.75, 3.05) is 26.2 Å². The maximum absolute atomic E-state index is 11.0. The average Bonchev–Trinajstić information content (AvgIpc) is 2.78. The molecule has 1 aliphatic heterocycles. The minimum absolute atomic E-state index is 0.0537. The fraction of sp³-hybridized carbons (Fsp3) is 0.500. The van der Waals surface area contributed by atoms with Crippen LogP contribution in [0.1, 0.15) is 13.3 Å². The van der Waals surface area contributed by atoms with Gasteiger partial charge in [-0.05, 0) is 30.7 Å². The summed E-state index contributed by atoms with van der Waals surface area (Å²) in [5.41, 5.74) is 0. The van der Waals surface area contributed by atoms with E-state index in [1.807, 2.05) is 24.3 Å². The summed E-state index contributed by atoms with van der Waals surface area (Å²) in [5.74, 6) is 0.943. The van der Waals surface area contributed by atoms with Crippen LogP contribution in [-0.4, -0.2) is 43.1 Å². The highest BCUT2D eigenvalue weighted by molar-refractivity contribution is 9.10. The third-order valence-corrected chi connectivity index (χ3v) is 3.70. The summed E-state index contributed by atoms with van der Waals surface area (Å²) in [6.45, 7) is 5.08. The molecule has 1 aliphatic rings. The molecule has 0 spiro atoms. The van der Waals surface area contributed by atoms with Crippen molar-refractivity contribution in [1.82, 2.24) is 10.2 Å². The maximum atomic E-state index is 11.0. The highest BCUT2D eigenvalue weighted by Gasteiger charge is 2.22. The van der Waals surface area contributed by atoms with E-state index in [2.05, 4.69) is 26.1 Å². The molecule has 1 N–H and O–H groups in total. The van der Waals surface area contributed by atoms with E-state index >= 15 is 0 Å². The fourth-order valence-electron chi connectivity index (χ4n) is 2.26. The lowest BCUT2D eigenvalue weighted by molar-refractivity contribution is -0.119. The number of hydrogen-bond acceptors (Lipinski definition) is 3. The van der Waals surface area contributed by atoms with Gasteiger partial charge in [0.2, 0.25) is 5.91 Å². The lowest BCUT2D eigenvalue weighted by Gasteiger charge is -2.16. The molecule has 2 rings (SSSR count). The van der Waals surface area contributed by atoms with Crippen LogP contribution in [0.25, 0.3) is 0 Å². The number of amides is 1. The largest absolute Gasteiger partial charge is 0.492 e. The van der Waals surface area contributed by atoms with Gasteiger partial charge in [-0.3, -0.25) is 9.69 Å². The molecule has 104 valence electrons. The van der Waals surface area contributed by atoms with Crippen molar-refractivity contribution in [1.29, 1.82) is 0 Å². The van der Waals surface area contributed by atoms with E-state index in [4.69, 9.17) is 4.74 Å². The molecule has 0 saturated carbocycles. The number of likely N-dealkylation sites (tertiary alicyclic amines) is 1. The van der Waals surface area contributed by atoms with Gasteiger partial charge >= 0.3 is 0 Å². The van der Waals surface area contributed by atoms with E-state index in [-0.39, 0.29) is 5.91 Å². The molecule has 4 nitrogen and oxygen atoms in total. The van der Waals surface area contributed by atoms with Crippen LogP contribution in [0.5, 0.6) is 5.75 Å². The molecule has 1 unspecified atom stereocenters. The van der Waals surface area contributed by atoms with E-state index in [1.54, 1.807) is 6.92 Å². The molecule has 1 aromatic rings. The van der Waals surface area contributed by atoms with E-state index in [0.29, 0.717) is 12.6 Å². The van der Waals surface area contributed by atoms with Crippen LogP contribution in [-0.2, 0) is 4.79 Å². The molecule has 0 radical (unpaired) electrons. The zero-order chi connectivity index (χ0) is 13.7. The molecule has 1 amide bonds. The van der Waals surface area contributed by atoms with Crippen LogP contribution in [0.4, 0.5) is 0 Å². The standard InChI is InChI=1S/C14H19BrN2O2/c1-11(18)16-13-6-7-17(10-13)8-9-19-14-4-2-12(15)3-5-14/h2-5,13H,6-10H2,1H3,(H,16,18). The number of rotatable bonds is 5. The minimum Gasteiger partial charge on any atom is -0.492 e. The first-order valence-corrected chi connectivity index (χ1v) is 7.30. The van der Waals surface area contributed by atoms with E-state index < -0.39 is 0 Å². The van der Waals surface area contributed by atoms with Gasteiger partial charge in [-0.15, -0.1) is 0 Å². The number of carbonyl (C=O) groups is 1. The van der Waals surface area contributed by atoms with Crippen molar-refractivity contribution < 1.29 is 9.53 Å². The molecular weight excluding hydrogens is 308 g/mol. The smallest absolute Gasteiger partial charge is 0.217 e. The Hall–Kier alpha value is -1.07. The fourth-order valence-corrected chi connectivity index (χ4v) is 2.53. The third kappa shape index (κ3) is 4.84. The van der Waals surface area contributed by atoms with Crippen LogP contribution in [0, 0.1) is 0 Å². The van der Waals surface area contributed by atoms with E-state index in [0.717, 1.165) is 36.3 Å². The lowest BCUT2D eigenvalue weighted by Crippen LogP contribution is -2.36. The van der Waals surface area contributed by atoms with E-state index in [1.165, 1.54) is 0 Å². The summed E-state index contributed by atoms with van der Waals surface area (Å²) >= 11 is 3.40. The van der Waals surface area contributed by atoms with E-state index in [9.17, 15) is 4.79 Å². The summed E-state index contributed by atoms with van der Waals surface area (Å²) in [6.07, 6.45) is 1.03. The molecule has 1 aromatic carbocycles. The third-order valence-electron chi connectivity index (χ3n) is 3.17. The molecule has 1 atom stereocenters. The Morgan fingerprint density at radius 3 is 2.89 bits per heavy atom. The quantitative estimate of drug-likeness (QED) is 0.900. The zero-order valence-corrected chi connectivity index (χ0v) is 12.6. The second-order valence-electron chi connectivity index (χ2n) is 4.79. The molecular formula is C14H19BrN2O2. The van der Waals surface area contributed by atoms with Crippen molar-refractivity contribution in [3.63, 3.8) is 0 Å². The Balaban J connectivity index is 1.66.